The lowest BCUT2D eigenvalue weighted by atomic mass is 10.1. The Morgan fingerprint density at radius 3 is 2.54 bits per heavy atom. The molecule has 1 N–H and O–H groups in total. The number of benzene rings is 2. The summed E-state index contributed by atoms with van der Waals surface area (Å²) >= 11 is 0. The van der Waals surface area contributed by atoms with Crippen molar-refractivity contribution in [1.29, 1.82) is 0 Å². The molecule has 0 bridgehead atoms. The molecule has 0 aromatic heterocycles. The van der Waals surface area contributed by atoms with Crippen LogP contribution in [0.15, 0.2) is 48.5 Å². The Labute approximate surface area is 153 Å². The van der Waals surface area contributed by atoms with Crippen molar-refractivity contribution in [2.75, 3.05) is 7.11 Å². The Hall–Kier alpha value is -2.82. The lowest BCUT2D eigenvalue weighted by Crippen LogP contribution is -2.33. The van der Waals surface area contributed by atoms with Gasteiger partial charge in [-0.15, -0.1) is 0 Å². The minimum Gasteiger partial charge on any atom is -0.496 e. The van der Waals surface area contributed by atoms with Crippen LogP contribution in [0.25, 0.3) is 0 Å². The fourth-order valence-electron chi connectivity index (χ4n) is 2.78. The molecule has 2 aromatic carbocycles. The highest BCUT2D eigenvalue weighted by molar-refractivity contribution is 5.86. The van der Waals surface area contributed by atoms with Crippen molar-refractivity contribution in [3.05, 3.63) is 65.2 Å². The van der Waals surface area contributed by atoms with Crippen LogP contribution in [-0.4, -0.2) is 25.0 Å². The van der Waals surface area contributed by atoms with Crippen molar-refractivity contribution in [3.8, 4) is 5.75 Å². The summed E-state index contributed by atoms with van der Waals surface area (Å²) in [5, 5.41) is 2.91. The second-order valence-electron chi connectivity index (χ2n) is 6.56. The van der Waals surface area contributed by atoms with Crippen LogP contribution < -0.4 is 10.1 Å². The van der Waals surface area contributed by atoms with Crippen molar-refractivity contribution in [2.24, 2.45) is 0 Å². The van der Waals surface area contributed by atoms with E-state index in [9.17, 15) is 9.59 Å². The van der Waals surface area contributed by atoms with E-state index in [1.165, 1.54) is 0 Å². The Bertz CT molecular complexity index is 784. The summed E-state index contributed by atoms with van der Waals surface area (Å²) in [5.41, 5.74) is 2.43. The lowest BCUT2D eigenvalue weighted by molar-refractivity contribution is -0.156. The lowest BCUT2D eigenvalue weighted by Gasteiger charge is -2.18. The first-order valence-electron chi connectivity index (χ1n) is 8.75. The number of ether oxygens (including phenoxy) is 2. The van der Waals surface area contributed by atoms with Crippen LogP contribution in [0, 0.1) is 6.92 Å². The monoisotopic (exact) mass is 353 g/mol. The zero-order chi connectivity index (χ0) is 18.5. The number of hydrogen-bond acceptors (Lipinski definition) is 4. The number of carbonyl (C=O) groups excluding carboxylic acids is 2. The largest absolute Gasteiger partial charge is 0.496 e. The molecule has 0 unspecified atom stereocenters. The number of carbonyl (C=O) groups is 2. The first kappa shape index (κ1) is 18.0. The summed E-state index contributed by atoms with van der Waals surface area (Å²) in [6.45, 7) is 1.95. The van der Waals surface area contributed by atoms with Crippen LogP contribution in [0.4, 0.5) is 0 Å². The average molecular weight is 353 g/mol. The van der Waals surface area contributed by atoms with E-state index in [2.05, 4.69) is 5.32 Å². The molecule has 1 aliphatic rings. The minimum absolute atomic E-state index is 0.0465. The molecule has 1 aliphatic carbocycles. The van der Waals surface area contributed by atoms with Crippen molar-refractivity contribution in [2.45, 2.75) is 38.3 Å². The van der Waals surface area contributed by atoms with Crippen molar-refractivity contribution >= 4 is 11.9 Å². The summed E-state index contributed by atoms with van der Waals surface area (Å²) < 4.78 is 10.9. The van der Waals surface area contributed by atoms with Gasteiger partial charge in [-0.3, -0.25) is 9.59 Å². The molecule has 0 saturated heterocycles. The SMILES string of the molecule is COc1ccc(C)cc1CC(=O)O[C@@H](C(=O)NC1CC1)c1ccccc1. The molecule has 136 valence electrons. The number of hydrogen-bond donors (Lipinski definition) is 1. The van der Waals surface area contributed by atoms with Gasteiger partial charge in [0.25, 0.3) is 5.91 Å². The fourth-order valence-corrected chi connectivity index (χ4v) is 2.78. The van der Waals surface area contributed by atoms with Gasteiger partial charge in [0, 0.05) is 17.2 Å². The molecule has 3 rings (SSSR count). The smallest absolute Gasteiger partial charge is 0.311 e. The predicted octanol–water partition coefficient (Wildman–Crippen LogP) is 3.11. The molecule has 5 heteroatoms. The normalized spacial score (nSPS) is 14.4. The average Bonchev–Trinajstić information content (AvgIpc) is 3.44. The Morgan fingerprint density at radius 1 is 1.15 bits per heavy atom. The van der Waals surface area contributed by atoms with Crippen LogP contribution in [0.5, 0.6) is 5.75 Å². The van der Waals surface area contributed by atoms with Gasteiger partial charge in [-0.2, -0.15) is 0 Å². The summed E-state index contributed by atoms with van der Waals surface area (Å²) in [7, 11) is 1.56. The van der Waals surface area contributed by atoms with E-state index >= 15 is 0 Å². The van der Waals surface area contributed by atoms with E-state index in [0.29, 0.717) is 11.3 Å². The Morgan fingerprint density at radius 2 is 1.88 bits per heavy atom. The highest BCUT2D eigenvalue weighted by Crippen LogP contribution is 2.25. The van der Waals surface area contributed by atoms with Gasteiger partial charge in [-0.25, -0.2) is 0 Å². The molecule has 0 heterocycles. The molecular formula is C21H23NO4. The first-order chi connectivity index (χ1) is 12.6. The minimum atomic E-state index is -0.944. The topological polar surface area (TPSA) is 64.6 Å². The van der Waals surface area contributed by atoms with Gasteiger partial charge in [-0.1, -0.05) is 48.0 Å². The summed E-state index contributed by atoms with van der Waals surface area (Å²) in [6, 6.07) is 14.9. The molecule has 1 atom stereocenters. The second kappa shape index (κ2) is 8.04. The molecule has 1 fully saturated rings. The van der Waals surface area contributed by atoms with Gasteiger partial charge in [0.1, 0.15) is 5.75 Å². The Balaban J connectivity index is 1.74. The first-order valence-corrected chi connectivity index (χ1v) is 8.75. The van der Waals surface area contributed by atoms with Gasteiger partial charge >= 0.3 is 5.97 Å². The third-order valence-electron chi connectivity index (χ3n) is 4.28. The molecule has 0 radical (unpaired) electrons. The van der Waals surface area contributed by atoms with E-state index in [-0.39, 0.29) is 18.4 Å². The third kappa shape index (κ3) is 4.63. The molecular weight excluding hydrogens is 330 g/mol. The number of methoxy groups -OCH3 is 1. The zero-order valence-electron chi connectivity index (χ0n) is 15.0. The highest BCUT2D eigenvalue weighted by Gasteiger charge is 2.30. The maximum atomic E-state index is 12.5. The van der Waals surface area contributed by atoms with E-state index < -0.39 is 12.1 Å². The van der Waals surface area contributed by atoms with Crippen LogP contribution in [0.3, 0.4) is 0 Å². The van der Waals surface area contributed by atoms with Crippen molar-refractivity contribution < 1.29 is 19.1 Å². The van der Waals surface area contributed by atoms with Crippen LogP contribution in [0.1, 0.15) is 35.6 Å². The van der Waals surface area contributed by atoms with E-state index in [0.717, 1.165) is 24.0 Å². The molecule has 26 heavy (non-hydrogen) atoms. The van der Waals surface area contributed by atoms with Crippen molar-refractivity contribution in [3.63, 3.8) is 0 Å². The van der Waals surface area contributed by atoms with E-state index in [4.69, 9.17) is 9.47 Å². The third-order valence-corrected chi connectivity index (χ3v) is 4.28. The number of amides is 1. The summed E-state index contributed by atoms with van der Waals surface area (Å²) in [4.78, 5) is 25.1. The van der Waals surface area contributed by atoms with Gasteiger partial charge in [0.15, 0.2) is 0 Å². The Kier molecular flexibility index (Phi) is 5.56. The molecule has 1 amide bonds. The van der Waals surface area contributed by atoms with Crippen LogP contribution >= 0.6 is 0 Å². The number of aryl methyl sites for hydroxylation is 1. The number of nitrogens with one attached hydrogen (secondary N) is 1. The van der Waals surface area contributed by atoms with Crippen molar-refractivity contribution in [1.82, 2.24) is 5.32 Å². The molecule has 2 aromatic rings. The quantitative estimate of drug-likeness (QED) is 0.777. The highest BCUT2D eigenvalue weighted by atomic mass is 16.5. The molecule has 5 nitrogen and oxygen atoms in total. The standard InChI is InChI=1S/C21H23NO4/c1-14-8-11-18(25-2)16(12-14)13-19(23)26-20(15-6-4-3-5-7-15)21(24)22-17-9-10-17/h3-8,11-12,17,20H,9-10,13H2,1-2H3,(H,22,24)/t20-/m1/s1. The fraction of sp³-hybridized carbons (Fsp3) is 0.333. The van der Waals surface area contributed by atoms with E-state index in [1.807, 2.05) is 43.3 Å². The zero-order valence-corrected chi connectivity index (χ0v) is 15.0. The molecule has 0 spiro atoms. The maximum absolute atomic E-state index is 12.5. The second-order valence-corrected chi connectivity index (χ2v) is 6.56. The molecule has 1 saturated carbocycles. The summed E-state index contributed by atoms with van der Waals surface area (Å²) in [5.74, 6) is -0.108. The van der Waals surface area contributed by atoms with Crippen LogP contribution in [-0.2, 0) is 20.7 Å². The maximum Gasteiger partial charge on any atom is 0.311 e. The van der Waals surface area contributed by atoms with Gasteiger partial charge in [-0.05, 0) is 25.8 Å². The van der Waals surface area contributed by atoms with E-state index in [1.54, 1.807) is 19.2 Å². The van der Waals surface area contributed by atoms with Gasteiger partial charge in [0.05, 0.1) is 13.5 Å². The van der Waals surface area contributed by atoms with Gasteiger partial charge < -0.3 is 14.8 Å². The number of esters is 1. The molecule has 0 aliphatic heterocycles. The predicted molar refractivity (Wildman–Crippen MR) is 97.9 cm³/mol. The number of rotatable bonds is 7. The van der Waals surface area contributed by atoms with Gasteiger partial charge in [0.2, 0.25) is 6.10 Å². The summed E-state index contributed by atoms with van der Waals surface area (Å²) in [6.07, 6.45) is 1.05. The van der Waals surface area contributed by atoms with Crippen LogP contribution in [0.2, 0.25) is 0 Å².